The number of hydrogen-bond acceptors (Lipinski definition) is 4. The number of hydrogen-bond donors (Lipinski definition) is 1. The number of Topliss-reactive ketones (excluding diaryl/α,β-unsaturated/α-hetero) is 1. The van der Waals surface area contributed by atoms with Gasteiger partial charge < -0.3 is 10.1 Å². The Morgan fingerprint density at radius 3 is 2.42 bits per heavy atom. The Balaban J connectivity index is 1.74. The van der Waals surface area contributed by atoms with Crippen molar-refractivity contribution in [3.8, 4) is 0 Å². The zero-order chi connectivity index (χ0) is 19.1. The molecule has 136 valence electrons. The van der Waals surface area contributed by atoms with Crippen molar-refractivity contribution in [2.75, 3.05) is 11.9 Å². The molecule has 7 heteroatoms. The molecule has 0 aromatic heterocycles. The van der Waals surface area contributed by atoms with Crippen molar-refractivity contribution in [3.63, 3.8) is 0 Å². The summed E-state index contributed by atoms with van der Waals surface area (Å²) in [4.78, 5) is 35.6. The van der Waals surface area contributed by atoms with Crippen molar-refractivity contribution in [2.24, 2.45) is 0 Å². The van der Waals surface area contributed by atoms with Crippen LogP contribution < -0.4 is 5.32 Å². The molecular weight excluding hydrogens is 422 g/mol. The van der Waals surface area contributed by atoms with E-state index in [0.717, 1.165) is 10.0 Å². The van der Waals surface area contributed by atoms with Crippen molar-refractivity contribution in [3.05, 3.63) is 63.1 Å². The van der Waals surface area contributed by atoms with Crippen LogP contribution in [0.2, 0.25) is 5.02 Å². The van der Waals surface area contributed by atoms with Crippen LogP contribution in [0, 0.1) is 6.92 Å². The first-order chi connectivity index (χ1) is 12.3. The molecule has 0 saturated carbocycles. The summed E-state index contributed by atoms with van der Waals surface area (Å²) in [6.45, 7) is 1.46. The molecule has 2 aromatic rings. The van der Waals surface area contributed by atoms with E-state index in [1.807, 2.05) is 13.0 Å². The molecule has 0 spiro atoms. The van der Waals surface area contributed by atoms with E-state index in [1.165, 1.54) is 0 Å². The molecule has 0 aliphatic carbocycles. The average molecular weight is 439 g/mol. The van der Waals surface area contributed by atoms with Crippen LogP contribution in [0.15, 0.2) is 46.9 Å². The van der Waals surface area contributed by atoms with Gasteiger partial charge >= 0.3 is 5.97 Å². The number of anilines is 1. The van der Waals surface area contributed by atoms with E-state index < -0.39 is 18.5 Å². The van der Waals surface area contributed by atoms with Gasteiger partial charge in [0.2, 0.25) is 0 Å². The van der Waals surface area contributed by atoms with Gasteiger partial charge in [0, 0.05) is 27.2 Å². The summed E-state index contributed by atoms with van der Waals surface area (Å²) in [5.74, 6) is -1.23. The molecule has 5 nitrogen and oxygen atoms in total. The van der Waals surface area contributed by atoms with Gasteiger partial charge in [0.15, 0.2) is 12.4 Å². The minimum Gasteiger partial charge on any atom is -0.456 e. The maximum absolute atomic E-state index is 12.0. The quantitative estimate of drug-likeness (QED) is 0.508. The first kappa shape index (κ1) is 20.1. The molecule has 0 heterocycles. The Kier molecular flexibility index (Phi) is 7.36. The van der Waals surface area contributed by atoms with E-state index in [0.29, 0.717) is 16.3 Å². The second kappa shape index (κ2) is 9.50. The summed E-state index contributed by atoms with van der Waals surface area (Å²) < 4.78 is 5.82. The Morgan fingerprint density at radius 1 is 1.08 bits per heavy atom. The van der Waals surface area contributed by atoms with Gasteiger partial charge in [-0.1, -0.05) is 27.5 Å². The summed E-state index contributed by atoms with van der Waals surface area (Å²) in [5.41, 5.74) is 2.01. The van der Waals surface area contributed by atoms with Crippen LogP contribution >= 0.6 is 27.5 Å². The molecular formula is C19H17BrClNO4. The zero-order valence-corrected chi connectivity index (χ0v) is 16.4. The van der Waals surface area contributed by atoms with E-state index in [9.17, 15) is 14.4 Å². The highest BCUT2D eigenvalue weighted by atomic mass is 79.9. The topological polar surface area (TPSA) is 72.5 Å². The Morgan fingerprint density at radius 2 is 1.77 bits per heavy atom. The largest absolute Gasteiger partial charge is 0.456 e. The summed E-state index contributed by atoms with van der Waals surface area (Å²) in [5, 5.41) is 3.21. The fourth-order valence-corrected chi connectivity index (χ4v) is 2.77. The van der Waals surface area contributed by atoms with E-state index in [-0.39, 0.29) is 18.6 Å². The average Bonchev–Trinajstić information content (AvgIpc) is 2.61. The smallest absolute Gasteiger partial charge is 0.306 e. The van der Waals surface area contributed by atoms with E-state index in [4.69, 9.17) is 16.3 Å². The third-order valence-electron chi connectivity index (χ3n) is 3.55. The van der Waals surface area contributed by atoms with Crippen LogP contribution in [0.25, 0.3) is 0 Å². The predicted molar refractivity (Wildman–Crippen MR) is 103 cm³/mol. The molecule has 0 atom stereocenters. The monoisotopic (exact) mass is 437 g/mol. The predicted octanol–water partition coefficient (Wildman–Crippen LogP) is 4.56. The number of carbonyl (C=O) groups is 3. The zero-order valence-electron chi connectivity index (χ0n) is 14.1. The molecule has 0 fully saturated rings. The minimum atomic E-state index is -0.602. The van der Waals surface area contributed by atoms with Crippen molar-refractivity contribution in [2.45, 2.75) is 19.8 Å². The molecule has 1 amide bonds. The highest BCUT2D eigenvalue weighted by molar-refractivity contribution is 9.10. The molecule has 0 saturated heterocycles. The van der Waals surface area contributed by atoms with Crippen molar-refractivity contribution in [1.29, 1.82) is 0 Å². The number of aryl methyl sites for hydroxylation is 1. The lowest BCUT2D eigenvalue weighted by Crippen LogP contribution is -2.21. The number of ketones is 1. The fourth-order valence-electron chi connectivity index (χ4n) is 2.17. The summed E-state index contributed by atoms with van der Waals surface area (Å²) in [6, 6.07) is 11.8. The van der Waals surface area contributed by atoms with Crippen LogP contribution in [0.5, 0.6) is 0 Å². The first-order valence-corrected chi connectivity index (χ1v) is 9.02. The molecule has 0 unspecified atom stereocenters. The molecule has 0 aliphatic heterocycles. The molecule has 1 N–H and O–H groups in total. The molecule has 2 rings (SSSR count). The van der Waals surface area contributed by atoms with E-state index in [2.05, 4.69) is 21.2 Å². The normalized spacial score (nSPS) is 10.3. The molecule has 0 aliphatic rings. The number of rotatable bonds is 7. The maximum Gasteiger partial charge on any atom is 0.306 e. The Bertz CT molecular complexity index is 821. The van der Waals surface area contributed by atoms with E-state index in [1.54, 1.807) is 36.4 Å². The number of halogens is 2. The number of benzene rings is 2. The fraction of sp³-hybridized carbons (Fsp3) is 0.211. The third-order valence-corrected chi connectivity index (χ3v) is 4.29. The summed E-state index contributed by atoms with van der Waals surface area (Å²) in [6.07, 6.45) is -0.0834. The maximum atomic E-state index is 12.0. The molecule has 26 heavy (non-hydrogen) atoms. The molecule has 0 bridgehead atoms. The SMILES string of the molecule is Cc1cc(Br)ccc1NC(=O)COC(=O)CCC(=O)c1ccc(Cl)cc1. The lowest BCUT2D eigenvalue weighted by molar-refractivity contribution is -0.147. The van der Waals surface area contributed by atoms with Gasteiger partial charge in [-0.25, -0.2) is 0 Å². The standard InChI is InChI=1S/C19H17BrClNO4/c1-12-10-14(20)4-7-16(12)22-18(24)11-26-19(25)9-8-17(23)13-2-5-15(21)6-3-13/h2-7,10H,8-9,11H2,1H3,(H,22,24). The van der Waals surface area contributed by atoms with Gasteiger partial charge in [0.1, 0.15) is 0 Å². The third kappa shape index (κ3) is 6.28. The Hall–Kier alpha value is -2.18. The van der Waals surface area contributed by atoms with Gasteiger partial charge in [-0.2, -0.15) is 0 Å². The van der Waals surface area contributed by atoms with Gasteiger partial charge in [-0.05, 0) is 55.0 Å². The lowest BCUT2D eigenvalue weighted by Gasteiger charge is -2.09. The van der Waals surface area contributed by atoms with Crippen molar-refractivity contribution in [1.82, 2.24) is 0 Å². The van der Waals surface area contributed by atoms with Gasteiger partial charge in [-0.15, -0.1) is 0 Å². The lowest BCUT2D eigenvalue weighted by atomic mass is 10.1. The van der Waals surface area contributed by atoms with Gasteiger partial charge in [0.25, 0.3) is 5.91 Å². The number of carbonyl (C=O) groups excluding carboxylic acids is 3. The van der Waals surface area contributed by atoms with Crippen LogP contribution in [0.1, 0.15) is 28.8 Å². The highest BCUT2D eigenvalue weighted by Crippen LogP contribution is 2.20. The van der Waals surface area contributed by atoms with Crippen LogP contribution in [-0.4, -0.2) is 24.3 Å². The van der Waals surface area contributed by atoms with Crippen LogP contribution in [0.3, 0.4) is 0 Å². The highest BCUT2D eigenvalue weighted by Gasteiger charge is 2.12. The Labute approximate surface area is 164 Å². The second-order valence-electron chi connectivity index (χ2n) is 5.60. The van der Waals surface area contributed by atoms with Crippen LogP contribution in [-0.2, 0) is 14.3 Å². The number of ether oxygens (including phenoxy) is 1. The summed E-state index contributed by atoms with van der Waals surface area (Å²) >= 11 is 9.11. The number of nitrogens with one attached hydrogen (secondary N) is 1. The second-order valence-corrected chi connectivity index (χ2v) is 6.95. The molecule has 2 aromatic carbocycles. The van der Waals surface area contributed by atoms with Gasteiger partial charge in [-0.3, -0.25) is 14.4 Å². The minimum absolute atomic E-state index is 0.00784. The molecule has 0 radical (unpaired) electrons. The van der Waals surface area contributed by atoms with E-state index >= 15 is 0 Å². The van der Waals surface area contributed by atoms with Crippen molar-refractivity contribution < 1.29 is 19.1 Å². The number of esters is 1. The first-order valence-electron chi connectivity index (χ1n) is 7.85. The number of amides is 1. The van der Waals surface area contributed by atoms with Crippen molar-refractivity contribution >= 4 is 50.9 Å². The van der Waals surface area contributed by atoms with Crippen LogP contribution in [0.4, 0.5) is 5.69 Å². The van der Waals surface area contributed by atoms with Gasteiger partial charge in [0.05, 0.1) is 6.42 Å². The summed E-state index contributed by atoms with van der Waals surface area (Å²) in [7, 11) is 0.